The van der Waals surface area contributed by atoms with Crippen LogP contribution in [-0.4, -0.2) is 31.0 Å². The fraction of sp³-hybridized carbons (Fsp3) is 0.909. The van der Waals surface area contributed by atoms with Gasteiger partial charge >= 0.3 is 0 Å². The Morgan fingerprint density at radius 2 is 1.29 bits per heavy atom. The first-order chi connectivity index (χ1) is 6.69. The molecule has 2 fully saturated rings. The highest BCUT2D eigenvalue weighted by Crippen LogP contribution is 2.42. The van der Waals surface area contributed by atoms with E-state index >= 15 is 0 Å². The minimum Gasteiger partial charge on any atom is -0.308 e. The summed E-state index contributed by atoms with van der Waals surface area (Å²) in [7, 11) is 3.83. The zero-order valence-corrected chi connectivity index (χ0v) is 9.15. The molecule has 0 saturated heterocycles. The van der Waals surface area contributed by atoms with E-state index in [1.807, 2.05) is 14.1 Å². The molecule has 0 radical (unpaired) electrons. The summed E-state index contributed by atoms with van der Waals surface area (Å²) in [5.41, 5.74) is -0.382. The Balaban J connectivity index is 2.13. The van der Waals surface area contributed by atoms with Gasteiger partial charge in [-0.05, 0) is 52.6 Å². The van der Waals surface area contributed by atoms with Crippen LogP contribution in [0.15, 0.2) is 0 Å². The van der Waals surface area contributed by atoms with E-state index in [-0.39, 0.29) is 11.1 Å². The van der Waals surface area contributed by atoms with Crippen molar-refractivity contribution in [2.24, 2.45) is 0 Å². The molecule has 0 unspecified atom stereocenters. The predicted octanol–water partition coefficient (Wildman–Crippen LogP) is 0.840. The number of Topliss-reactive ketones (excluding diaryl/α,β-unsaturated/α-hetero) is 1. The molecule has 2 N–H and O–H groups in total. The number of ketones is 1. The SMILES string of the molecule is CNC1(C(=O)C2(NC)CCC2)CCC1. The van der Waals surface area contributed by atoms with Crippen LogP contribution in [-0.2, 0) is 4.79 Å². The number of rotatable bonds is 4. The Labute approximate surface area is 85.6 Å². The van der Waals surface area contributed by atoms with Gasteiger partial charge < -0.3 is 10.6 Å². The number of nitrogens with one attached hydrogen (secondary N) is 2. The van der Waals surface area contributed by atoms with Crippen LogP contribution in [0.1, 0.15) is 38.5 Å². The molecule has 0 heterocycles. The lowest BCUT2D eigenvalue weighted by Crippen LogP contribution is -2.68. The molecule has 0 aliphatic heterocycles. The van der Waals surface area contributed by atoms with Crippen molar-refractivity contribution < 1.29 is 4.79 Å². The van der Waals surface area contributed by atoms with E-state index in [0.29, 0.717) is 5.78 Å². The first kappa shape index (κ1) is 10.1. The Kier molecular flexibility index (Phi) is 2.40. The average molecular weight is 196 g/mol. The van der Waals surface area contributed by atoms with Crippen molar-refractivity contribution in [1.82, 2.24) is 10.6 Å². The summed E-state index contributed by atoms with van der Waals surface area (Å²) >= 11 is 0. The maximum absolute atomic E-state index is 12.4. The van der Waals surface area contributed by atoms with E-state index in [0.717, 1.165) is 25.7 Å². The maximum atomic E-state index is 12.4. The summed E-state index contributed by atoms with van der Waals surface area (Å²) in [6, 6.07) is 0. The summed E-state index contributed by atoms with van der Waals surface area (Å²) in [5, 5.41) is 6.47. The lowest BCUT2D eigenvalue weighted by Gasteiger charge is -2.50. The van der Waals surface area contributed by atoms with Gasteiger partial charge in [0.25, 0.3) is 0 Å². The van der Waals surface area contributed by atoms with E-state index < -0.39 is 0 Å². The molecule has 3 nitrogen and oxygen atoms in total. The lowest BCUT2D eigenvalue weighted by atomic mass is 9.62. The van der Waals surface area contributed by atoms with Gasteiger partial charge in [0.05, 0.1) is 11.1 Å². The van der Waals surface area contributed by atoms with Gasteiger partial charge in [0.2, 0.25) is 0 Å². The van der Waals surface area contributed by atoms with Gasteiger partial charge in [0.1, 0.15) is 0 Å². The summed E-state index contributed by atoms with van der Waals surface area (Å²) in [6.07, 6.45) is 6.45. The van der Waals surface area contributed by atoms with Crippen molar-refractivity contribution >= 4 is 5.78 Å². The van der Waals surface area contributed by atoms with Crippen molar-refractivity contribution in [3.63, 3.8) is 0 Å². The molecule has 2 saturated carbocycles. The maximum Gasteiger partial charge on any atom is 0.172 e. The zero-order valence-electron chi connectivity index (χ0n) is 9.15. The van der Waals surface area contributed by atoms with Crippen LogP contribution in [0.2, 0.25) is 0 Å². The summed E-state index contributed by atoms with van der Waals surface area (Å²) in [4.78, 5) is 12.4. The van der Waals surface area contributed by atoms with Crippen LogP contribution in [0.5, 0.6) is 0 Å². The first-order valence-corrected chi connectivity index (χ1v) is 5.62. The van der Waals surface area contributed by atoms with Gasteiger partial charge in [0.15, 0.2) is 5.78 Å². The summed E-state index contributed by atoms with van der Waals surface area (Å²) < 4.78 is 0. The summed E-state index contributed by atoms with van der Waals surface area (Å²) in [5.74, 6) is 0.410. The highest BCUT2D eigenvalue weighted by Gasteiger charge is 2.54. The highest BCUT2D eigenvalue weighted by molar-refractivity contribution is 5.98. The summed E-state index contributed by atoms with van der Waals surface area (Å²) in [6.45, 7) is 0. The zero-order chi connectivity index (χ0) is 10.2. The third-order valence-electron chi connectivity index (χ3n) is 4.24. The van der Waals surface area contributed by atoms with Gasteiger partial charge in [-0.2, -0.15) is 0 Å². The largest absolute Gasteiger partial charge is 0.308 e. The van der Waals surface area contributed by atoms with E-state index in [1.54, 1.807) is 0 Å². The molecule has 14 heavy (non-hydrogen) atoms. The fourth-order valence-electron chi connectivity index (χ4n) is 2.70. The molecule has 0 atom stereocenters. The molecule has 0 spiro atoms. The van der Waals surface area contributed by atoms with Crippen LogP contribution in [0.25, 0.3) is 0 Å². The van der Waals surface area contributed by atoms with Crippen LogP contribution in [0.4, 0.5) is 0 Å². The standard InChI is InChI=1S/C11H20N2O/c1-12-10(5-3-6-10)9(14)11(13-2)7-4-8-11/h12-13H,3-8H2,1-2H3. The van der Waals surface area contributed by atoms with Gasteiger partial charge in [-0.3, -0.25) is 4.79 Å². The highest BCUT2D eigenvalue weighted by atomic mass is 16.1. The molecule has 0 aromatic carbocycles. The van der Waals surface area contributed by atoms with Gasteiger partial charge in [-0.25, -0.2) is 0 Å². The Bertz CT molecular complexity index is 207. The second-order valence-corrected chi connectivity index (χ2v) is 4.70. The Morgan fingerprint density at radius 3 is 1.43 bits per heavy atom. The van der Waals surface area contributed by atoms with Crippen molar-refractivity contribution in [2.75, 3.05) is 14.1 Å². The Hall–Kier alpha value is -0.410. The lowest BCUT2D eigenvalue weighted by molar-refractivity contribution is -0.138. The molecule has 0 aromatic rings. The predicted molar refractivity (Wildman–Crippen MR) is 56.3 cm³/mol. The van der Waals surface area contributed by atoms with Crippen LogP contribution in [0.3, 0.4) is 0 Å². The second kappa shape index (κ2) is 3.31. The van der Waals surface area contributed by atoms with Crippen molar-refractivity contribution in [1.29, 1.82) is 0 Å². The molecule has 0 aromatic heterocycles. The molecule has 2 aliphatic rings. The second-order valence-electron chi connectivity index (χ2n) is 4.70. The van der Waals surface area contributed by atoms with Crippen molar-refractivity contribution in [2.45, 2.75) is 49.6 Å². The minimum absolute atomic E-state index is 0.191. The monoisotopic (exact) mass is 196 g/mol. The van der Waals surface area contributed by atoms with E-state index in [1.165, 1.54) is 12.8 Å². The number of hydrogen-bond acceptors (Lipinski definition) is 3. The van der Waals surface area contributed by atoms with Gasteiger partial charge in [-0.1, -0.05) is 0 Å². The number of carbonyl (C=O) groups is 1. The number of likely N-dealkylation sites (N-methyl/N-ethyl adjacent to an activating group) is 2. The van der Waals surface area contributed by atoms with Crippen LogP contribution in [0, 0.1) is 0 Å². The third kappa shape index (κ3) is 1.15. The molecule has 3 heteroatoms. The van der Waals surface area contributed by atoms with Gasteiger partial charge in [-0.15, -0.1) is 0 Å². The van der Waals surface area contributed by atoms with Crippen LogP contribution >= 0.6 is 0 Å². The Morgan fingerprint density at radius 1 is 0.929 bits per heavy atom. The number of hydrogen-bond donors (Lipinski definition) is 2. The fourth-order valence-corrected chi connectivity index (χ4v) is 2.70. The van der Waals surface area contributed by atoms with Crippen molar-refractivity contribution in [3.05, 3.63) is 0 Å². The van der Waals surface area contributed by atoms with E-state index in [2.05, 4.69) is 10.6 Å². The number of carbonyl (C=O) groups excluding carboxylic acids is 1. The molecular weight excluding hydrogens is 176 g/mol. The third-order valence-corrected chi connectivity index (χ3v) is 4.24. The smallest absolute Gasteiger partial charge is 0.172 e. The van der Waals surface area contributed by atoms with Gasteiger partial charge in [0, 0.05) is 0 Å². The molecule has 0 amide bonds. The van der Waals surface area contributed by atoms with Crippen molar-refractivity contribution in [3.8, 4) is 0 Å². The van der Waals surface area contributed by atoms with E-state index in [9.17, 15) is 4.79 Å². The quantitative estimate of drug-likeness (QED) is 0.700. The molecule has 2 rings (SSSR count). The van der Waals surface area contributed by atoms with Crippen LogP contribution < -0.4 is 10.6 Å². The molecule has 0 bridgehead atoms. The first-order valence-electron chi connectivity index (χ1n) is 5.62. The molecular formula is C11H20N2O. The normalized spacial score (nSPS) is 27.6. The average Bonchev–Trinajstić information content (AvgIpc) is 2.02. The topological polar surface area (TPSA) is 41.1 Å². The minimum atomic E-state index is -0.191. The molecule has 2 aliphatic carbocycles. The molecule has 80 valence electrons. The van der Waals surface area contributed by atoms with E-state index in [4.69, 9.17) is 0 Å².